The average Bonchev–Trinajstić information content (AvgIpc) is 3.52. The lowest BCUT2D eigenvalue weighted by molar-refractivity contribution is -0.132. The molecule has 2 aromatic heterocycles. The molecule has 154 valence electrons. The number of benzene rings is 2. The van der Waals surface area contributed by atoms with Crippen LogP contribution in [0.2, 0.25) is 0 Å². The van der Waals surface area contributed by atoms with Gasteiger partial charge in [0.25, 0.3) is 5.78 Å². The van der Waals surface area contributed by atoms with Crippen molar-refractivity contribution < 1.29 is 23.8 Å². The fourth-order valence-corrected chi connectivity index (χ4v) is 4.64. The van der Waals surface area contributed by atoms with Gasteiger partial charge < -0.3 is 14.3 Å². The molecule has 31 heavy (non-hydrogen) atoms. The zero-order valence-electron chi connectivity index (χ0n) is 16.3. The van der Waals surface area contributed by atoms with Crippen LogP contribution in [-0.2, 0) is 9.59 Å². The summed E-state index contributed by atoms with van der Waals surface area (Å²) in [7, 11) is 1.57. The van der Waals surface area contributed by atoms with Crippen molar-refractivity contribution in [2.24, 2.45) is 0 Å². The molecular weight excluding hydrogens is 416 g/mol. The van der Waals surface area contributed by atoms with Crippen LogP contribution in [0.25, 0.3) is 16.0 Å². The Morgan fingerprint density at radius 3 is 2.65 bits per heavy atom. The highest BCUT2D eigenvalue weighted by molar-refractivity contribution is 7.22. The molecule has 1 amide bonds. The number of rotatable bonds is 4. The van der Waals surface area contributed by atoms with E-state index in [2.05, 4.69) is 4.98 Å². The SMILES string of the molecule is COc1ccc2nc(N3C(=O)C(=O)C(=C(O)c4ccccc4)C3c3ccco3)sc2c1. The number of fused-ring (bicyclic) bond motifs is 1. The van der Waals surface area contributed by atoms with Crippen LogP contribution >= 0.6 is 11.3 Å². The lowest BCUT2D eigenvalue weighted by Gasteiger charge is -2.20. The Balaban J connectivity index is 1.70. The van der Waals surface area contributed by atoms with Gasteiger partial charge in [0.2, 0.25) is 0 Å². The fourth-order valence-electron chi connectivity index (χ4n) is 3.62. The highest BCUT2D eigenvalue weighted by Gasteiger charge is 2.49. The van der Waals surface area contributed by atoms with Crippen LogP contribution in [0.3, 0.4) is 0 Å². The number of ketones is 1. The molecule has 1 N–H and O–H groups in total. The number of aliphatic hydroxyl groups is 1. The molecule has 0 spiro atoms. The first-order chi connectivity index (χ1) is 15.1. The van der Waals surface area contributed by atoms with E-state index in [0.29, 0.717) is 27.7 Å². The van der Waals surface area contributed by atoms with Crippen molar-refractivity contribution in [1.29, 1.82) is 0 Å². The van der Waals surface area contributed by atoms with Crippen molar-refractivity contribution >= 4 is 44.1 Å². The Morgan fingerprint density at radius 2 is 1.94 bits per heavy atom. The van der Waals surface area contributed by atoms with E-state index in [1.54, 1.807) is 61.7 Å². The van der Waals surface area contributed by atoms with E-state index in [1.807, 2.05) is 6.07 Å². The summed E-state index contributed by atoms with van der Waals surface area (Å²) in [6.07, 6.45) is 1.46. The minimum absolute atomic E-state index is 0.0389. The van der Waals surface area contributed by atoms with Crippen LogP contribution in [0.4, 0.5) is 5.13 Å². The molecule has 0 aliphatic carbocycles. The summed E-state index contributed by atoms with van der Waals surface area (Å²) in [6, 6.07) is 16.4. The quantitative estimate of drug-likeness (QED) is 0.289. The number of thiazole rings is 1. The maximum absolute atomic E-state index is 13.1. The highest BCUT2D eigenvalue weighted by atomic mass is 32.1. The number of furan rings is 1. The second-order valence-electron chi connectivity index (χ2n) is 6.88. The van der Waals surface area contributed by atoms with Gasteiger partial charge in [0.05, 0.1) is 29.2 Å². The number of hydrogen-bond donors (Lipinski definition) is 1. The Hall–Kier alpha value is -3.91. The second kappa shape index (κ2) is 7.41. The Kier molecular flexibility index (Phi) is 4.56. The van der Waals surface area contributed by atoms with Gasteiger partial charge in [-0.15, -0.1) is 0 Å². The van der Waals surface area contributed by atoms with Crippen molar-refractivity contribution in [3.05, 3.63) is 83.8 Å². The molecule has 1 fully saturated rings. The summed E-state index contributed by atoms with van der Waals surface area (Å²) in [6.45, 7) is 0. The highest BCUT2D eigenvalue weighted by Crippen LogP contribution is 2.44. The number of Topliss-reactive ketones (excluding diaryl/α,β-unsaturated/α-hetero) is 1. The normalized spacial score (nSPS) is 18.1. The molecule has 7 nitrogen and oxygen atoms in total. The van der Waals surface area contributed by atoms with Gasteiger partial charge in [0.15, 0.2) is 5.13 Å². The number of ether oxygens (including phenoxy) is 1. The van der Waals surface area contributed by atoms with E-state index in [0.717, 1.165) is 4.70 Å². The monoisotopic (exact) mass is 432 g/mol. The molecule has 2 aromatic carbocycles. The van der Waals surface area contributed by atoms with E-state index in [-0.39, 0.29) is 11.3 Å². The first-order valence-electron chi connectivity index (χ1n) is 9.43. The second-order valence-corrected chi connectivity index (χ2v) is 7.89. The number of carbonyl (C=O) groups excluding carboxylic acids is 2. The number of aromatic nitrogens is 1. The first kappa shape index (κ1) is 19.1. The smallest absolute Gasteiger partial charge is 0.302 e. The number of aliphatic hydroxyl groups excluding tert-OH is 1. The van der Waals surface area contributed by atoms with Gasteiger partial charge in [0.1, 0.15) is 23.3 Å². The molecule has 0 saturated carbocycles. The Bertz CT molecular complexity index is 1320. The van der Waals surface area contributed by atoms with Crippen LogP contribution in [0.1, 0.15) is 17.4 Å². The Labute approximate surface area is 180 Å². The van der Waals surface area contributed by atoms with Crippen LogP contribution in [-0.4, -0.2) is 28.9 Å². The summed E-state index contributed by atoms with van der Waals surface area (Å²) in [4.78, 5) is 32.0. The van der Waals surface area contributed by atoms with Gasteiger partial charge in [-0.25, -0.2) is 4.98 Å². The number of carbonyl (C=O) groups is 2. The molecule has 0 bridgehead atoms. The molecule has 1 atom stereocenters. The molecule has 1 unspecified atom stereocenters. The summed E-state index contributed by atoms with van der Waals surface area (Å²) < 4.78 is 11.6. The fraction of sp³-hybridized carbons (Fsp3) is 0.0870. The summed E-state index contributed by atoms with van der Waals surface area (Å²) in [5.74, 6) is -0.806. The molecule has 1 saturated heterocycles. The van der Waals surface area contributed by atoms with Gasteiger partial charge >= 0.3 is 5.91 Å². The lowest BCUT2D eigenvalue weighted by Crippen LogP contribution is -2.29. The minimum Gasteiger partial charge on any atom is -0.507 e. The summed E-state index contributed by atoms with van der Waals surface area (Å²) >= 11 is 1.26. The first-order valence-corrected chi connectivity index (χ1v) is 10.2. The van der Waals surface area contributed by atoms with E-state index in [9.17, 15) is 14.7 Å². The van der Waals surface area contributed by atoms with Crippen molar-refractivity contribution in [3.8, 4) is 5.75 Å². The molecule has 1 aliphatic heterocycles. The predicted molar refractivity (Wildman–Crippen MR) is 116 cm³/mol. The lowest BCUT2D eigenvalue weighted by atomic mass is 9.99. The third-order valence-electron chi connectivity index (χ3n) is 5.09. The summed E-state index contributed by atoms with van der Waals surface area (Å²) in [5, 5.41) is 11.3. The maximum atomic E-state index is 13.1. The molecular formula is C23H16N2O5S. The molecule has 0 radical (unpaired) electrons. The van der Waals surface area contributed by atoms with Crippen molar-refractivity contribution in [3.63, 3.8) is 0 Å². The van der Waals surface area contributed by atoms with Crippen LogP contribution < -0.4 is 9.64 Å². The van der Waals surface area contributed by atoms with Gasteiger partial charge in [-0.3, -0.25) is 14.5 Å². The number of methoxy groups -OCH3 is 1. The molecule has 4 aromatic rings. The number of hydrogen-bond acceptors (Lipinski definition) is 7. The molecule has 3 heterocycles. The number of amides is 1. The molecule has 1 aliphatic rings. The standard InChI is InChI=1S/C23H16N2O5S/c1-29-14-9-10-15-17(12-14)31-23(24-15)25-19(16-8-5-11-30-16)18(21(27)22(25)28)20(26)13-6-3-2-4-7-13/h2-12,19,26H,1H3. The van der Waals surface area contributed by atoms with Crippen LogP contribution in [0.15, 0.2) is 76.9 Å². The van der Waals surface area contributed by atoms with E-state index in [4.69, 9.17) is 9.15 Å². The predicted octanol–water partition coefficient (Wildman–Crippen LogP) is 4.52. The zero-order chi connectivity index (χ0) is 21.5. The molecule has 8 heteroatoms. The van der Waals surface area contributed by atoms with Gasteiger partial charge in [-0.1, -0.05) is 41.7 Å². The minimum atomic E-state index is -0.933. The number of anilines is 1. The van der Waals surface area contributed by atoms with Crippen molar-refractivity contribution in [1.82, 2.24) is 4.98 Å². The van der Waals surface area contributed by atoms with Crippen LogP contribution in [0, 0.1) is 0 Å². The van der Waals surface area contributed by atoms with Crippen molar-refractivity contribution in [2.75, 3.05) is 12.0 Å². The number of nitrogens with zero attached hydrogens (tertiary/aromatic N) is 2. The van der Waals surface area contributed by atoms with Crippen LogP contribution in [0.5, 0.6) is 5.75 Å². The zero-order valence-corrected chi connectivity index (χ0v) is 17.1. The third kappa shape index (κ3) is 3.08. The largest absolute Gasteiger partial charge is 0.507 e. The Morgan fingerprint density at radius 1 is 1.13 bits per heavy atom. The van der Waals surface area contributed by atoms with E-state index in [1.165, 1.54) is 22.5 Å². The van der Waals surface area contributed by atoms with Gasteiger partial charge in [-0.05, 0) is 30.3 Å². The van der Waals surface area contributed by atoms with E-state index < -0.39 is 17.7 Å². The topological polar surface area (TPSA) is 92.9 Å². The summed E-state index contributed by atoms with van der Waals surface area (Å²) in [5.41, 5.74) is 1.07. The third-order valence-corrected chi connectivity index (χ3v) is 6.11. The van der Waals surface area contributed by atoms with E-state index >= 15 is 0 Å². The van der Waals surface area contributed by atoms with Crippen molar-refractivity contribution in [2.45, 2.75) is 6.04 Å². The van der Waals surface area contributed by atoms with Gasteiger partial charge in [0, 0.05) is 5.56 Å². The average molecular weight is 432 g/mol. The molecule has 5 rings (SSSR count). The van der Waals surface area contributed by atoms with Gasteiger partial charge in [-0.2, -0.15) is 0 Å². The maximum Gasteiger partial charge on any atom is 0.302 e.